The Kier molecular flexibility index (Phi) is 6.99. The maximum atomic E-state index is 11.0. The molecule has 3 aromatic rings. The van der Waals surface area contributed by atoms with Gasteiger partial charge >= 0.3 is 5.97 Å². The van der Waals surface area contributed by atoms with Gasteiger partial charge in [0.05, 0.1) is 11.6 Å². The third-order valence-corrected chi connectivity index (χ3v) is 4.36. The van der Waals surface area contributed by atoms with Gasteiger partial charge in [-0.15, -0.1) is 12.4 Å². The number of aromatic carboxylic acids is 1. The minimum Gasteiger partial charge on any atom is -0.489 e. The molecular formula is C22H22ClNO3. The van der Waals surface area contributed by atoms with Crippen LogP contribution < -0.4 is 10.5 Å². The highest BCUT2D eigenvalue weighted by molar-refractivity contribution is 5.87. The van der Waals surface area contributed by atoms with Crippen molar-refractivity contribution in [3.63, 3.8) is 0 Å². The second-order valence-corrected chi connectivity index (χ2v) is 6.20. The van der Waals surface area contributed by atoms with Crippen LogP contribution in [0.2, 0.25) is 0 Å². The molecule has 1 atom stereocenters. The molecule has 4 nitrogen and oxygen atoms in total. The summed E-state index contributed by atoms with van der Waals surface area (Å²) >= 11 is 0. The maximum absolute atomic E-state index is 11.0. The summed E-state index contributed by atoms with van der Waals surface area (Å²) < 4.78 is 5.90. The summed E-state index contributed by atoms with van der Waals surface area (Å²) in [5, 5.41) is 9.04. The molecule has 0 aromatic heterocycles. The number of hydrogen-bond donors (Lipinski definition) is 2. The van der Waals surface area contributed by atoms with Gasteiger partial charge in [0.2, 0.25) is 0 Å². The second-order valence-electron chi connectivity index (χ2n) is 6.20. The number of carboxylic acid groups (broad SMARTS) is 1. The average Bonchev–Trinajstić information content (AvgIpc) is 2.67. The van der Waals surface area contributed by atoms with E-state index in [0.717, 1.165) is 28.0 Å². The fourth-order valence-corrected chi connectivity index (χ4v) is 2.80. The minimum absolute atomic E-state index is 0. The van der Waals surface area contributed by atoms with Crippen LogP contribution in [-0.4, -0.2) is 11.1 Å². The number of nitrogens with two attached hydrogens (primary N) is 1. The molecule has 0 fully saturated rings. The molecule has 0 saturated heterocycles. The van der Waals surface area contributed by atoms with E-state index in [4.69, 9.17) is 15.6 Å². The Morgan fingerprint density at radius 3 is 2.37 bits per heavy atom. The Balaban J connectivity index is 0.00000261. The number of ether oxygens (including phenoxy) is 1. The molecule has 1 unspecified atom stereocenters. The third kappa shape index (κ3) is 5.09. The number of rotatable bonds is 6. The average molecular weight is 384 g/mol. The summed E-state index contributed by atoms with van der Waals surface area (Å²) in [6.45, 7) is 2.25. The first kappa shape index (κ1) is 20.5. The van der Waals surface area contributed by atoms with Crippen molar-refractivity contribution in [2.75, 3.05) is 0 Å². The zero-order chi connectivity index (χ0) is 18.5. The van der Waals surface area contributed by atoms with Crippen molar-refractivity contribution in [1.82, 2.24) is 0 Å². The smallest absolute Gasteiger partial charge is 0.335 e. The molecule has 5 heteroatoms. The summed E-state index contributed by atoms with van der Waals surface area (Å²) in [6, 6.07) is 22.5. The molecule has 27 heavy (non-hydrogen) atoms. The van der Waals surface area contributed by atoms with Crippen molar-refractivity contribution in [3.05, 3.63) is 101 Å². The van der Waals surface area contributed by atoms with E-state index >= 15 is 0 Å². The van der Waals surface area contributed by atoms with Gasteiger partial charge in [0, 0.05) is 0 Å². The van der Waals surface area contributed by atoms with Crippen LogP contribution in [0.4, 0.5) is 0 Å². The number of benzene rings is 3. The van der Waals surface area contributed by atoms with Crippen LogP contribution in [0.3, 0.4) is 0 Å². The number of hydrogen-bond acceptors (Lipinski definition) is 3. The van der Waals surface area contributed by atoms with Gasteiger partial charge in [-0.2, -0.15) is 0 Å². The van der Waals surface area contributed by atoms with Gasteiger partial charge in [0.1, 0.15) is 12.4 Å². The Bertz CT molecular complexity index is 912. The van der Waals surface area contributed by atoms with E-state index in [-0.39, 0.29) is 24.0 Å². The lowest BCUT2D eigenvalue weighted by Gasteiger charge is -2.15. The van der Waals surface area contributed by atoms with Crippen molar-refractivity contribution >= 4 is 18.4 Å². The Labute approximate surface area is 165 Å². The maximum Gasteiger partial charge on any atom is 0.335 e. The normalized spacial score (nSPS) is 11.3. The van der Waals surface area contributed by atoms with Crippen LogP contribution in [-0.2, 0) is 6.61 Å². The molecule has 0 spiro atoms. The first-order chi connectivity index (χ1) is 12.5. The first-order valence-corrected chi connectivity index (χ1v) is 8.40. The highest BCUT2D eigenvalue weighted by Gasteiger charge is 2.10. The van der Waals surface area contributed by atoms with Gasteiger partial charge < -0.3 is 15.6 Å². The first-order valence-electron chi connectivity index (χ1n) is 8.40. The summed E-state index contributed by atoms with van der Waals surface area (Å²) in [6.07, 6.45) is 0. The Hall–Kier alpha value is -2.82. The largest absolute Gasteiger partial charge is 0.489 e. The molecule has 0 saturated carbocycles. The fraction of sp³-hybridized carbons (Fsp3) is 0.136. The van der Waals surface area contributed by atoms with Crippen LogP contribution in [0.15, 0.2) is 72.8 Å². The number of carbonyl (C=O) groups is 1. The van der Waals surface area contributed by atoms with Crippen molar-refractivity contribution < 1.29 is 14.6 Å². The van der Waals surface area contributed by atoms with E-state index in [9.17, 15) is 4.79 Å². The SMILES string of the molecule is Cc1cc(C(=O)O)ccc1COc1cccc(C(N)c2ccccc2)c1.Cl. The fourth-order valence-electron chi connectivity index (χ4n) is 2.80. The van der Waals surface area contributed by atoms with Gasteiger partial charge in [-0.3, -0.25) is 0 Å². The van der Waals surface area contributed by atoms with Crippen LogP contribution in [0.25, 0.3) is 0 Å². The van der Waals surface area contributed by atoms with E-state index in [2.05, 4.69) is 0 Å². The molecule has 0 heterocycles. The highest BCUT2D eigenvalue weighted by Crippen LogP contribution is 2.24. The molecule has 140 valence electrons. The molecule has 0 aliphatic rings. The molecular weight excluding hydrogens is 362 g/mol. The van der Waals surface area contributed by atoms with Crippen LogP contribution in [0.1, 0.15) is 38.7 Å². The summed E-state index contributed by atoms with van der Waals surface area (Å²) in [5.41, 5.74) is 10.5. The molecule has 0 amide bonds. The van der Waals surface area contributed by atoms with E-state index in [1.807, 2.05) is 61.5 Å². The molecule has 0 aliphatic heterocycles. The monoisotopic (exact) mass is 383 g/mol. The Morgan fingerprint density at radius 2 is 1.70 bits per heavy atom. The third-order valence-electron chi connectivity index (χ3n) is 4.36. The summed E-state index contributed by atoms with van der Waals surface area (Å²) in [5.74, 6) is -0.196. The van der Waals surface area contributed by atoms with Crippen molar-refractivity contribution in [2.45, 2.75) is 19.6 Å². The zero-order valence-corrected chi connectivity index (χ0v) is 15.8. The Morgan fingerprint density at radius 1 is 1.00 bits per heavy atom. The van der Waals surface area contributed by atoms with Crippen LogP contribution >= 0.6 is 12.4 Å². The summed E-state index contributed by atoms with van der Waals surface area (Å²) in [7, 11) is 0. The minimum atomic E-state index is -0.928. The van der Waals surface area contributed by atoms with Gasteiger partial charge in [0.15, 0.2) is 0 Å². The van der Waals surface area contributed by atoms with E-state index < -0.39 is 5.97 Å². The number of halogens is 1. The predicted octanol–water partition coefficient (Wildman–Crippen LogP) is 4.74. The predicted molar refractivity (Wildman–Crippen MR) is 109 cm³/mol. The molecule has 0 aliphatic carbocycles. The lowest BCUT2D eigenvalue weighted by molar-refractivity contribution is 0.0696. The van der Waals surface area contributed by atoms with Crippen LogP contribution in [0.5, 0.6) is 5.75 Å². The molecule has 3 N–H and O–H groups in total. The van der Waals surface area contributed by atoms with E-state index in [1.165, 1.54) is 0 Å². The topological polar surface area (TPSA) is 72.5 Å². The van der Waals surface area contributed by atoms with Crippen LogP contribution in [0, 0.1) is 6.92 Å². The van der Waals surface area contributed by atoms with Crippen molar-refractivity contribution in [3.8, 4) is 5.75 Å². The molecule has 0 bridgehead atoms. The van der Waals surface area contributed by atoms with Crippen molar-refractivity contribution in [1.29, 1.82) is 0 Å². The highest BCUT2D eigenvalue weighted by atomic mass is 35.5. The van der Waals surface area contributed by atoms with Gasteiger partial charge in [-0.05, 0) is 53.4 Å². The zero-order valence-electron chi connectivity index (χ0n) is 15.0. The number of carboxylic acids is 1. The van der Waals surface area contributed by atoms with Gasteiger partial charge in [-0.1, -0.05) is 48.5 Å². The lowest BCUT2D eigenvalue weighted by atomic mass is 9.99. The summed E-state index contributed by atoms with van der Waals surface area (Å²) in [4.78, 5) is 11.0. The van der Waals surface area contributed by atoms with E-state index in [0.29, 0.717) is 6.61 Å². The second kappa shape index (κ2) is 9.21. The van der Waals surface area contributed by atoms with Crippen molar-refractivity contribution in [2.24, 2.45) is 5.73 Å². The lowest BCUT2D eigenvalue weighted by Crippen LogP contribution is -2.11. The standard InChI is InChI=1S/C22H21NO3.ClH/c1-15-12-18(22(24)25)10-11-19(15)14-26-20-9-5-8-17(13-20)21(23)16-6-3-2-4-7-16;/h2-13,21H,14,23H2,1H3,(H,24,25);1H. The molecule has 3 aromatic carbocycles. The quantitative estimate of drug-likeness (QED) is 0.644. The van der Waals surface area contributed by atoms with Gasteiger partial charge in [-0.25, -0.2) is 4.79 Å². The van der Waals surface area contributed by atoms with E-state index in [1.54, 1.807) is 18.2 Å². The number of aryl methyl sites for hydroxylation is 1. The van der Waals surface area contributed by atoms with Gasteiger partial charge in [0.25, 0.3) is 0 Å². The molecule has 0 radical (unpaired) electrons. The molecule has 3 rings (SSSR count).